The summed E-state index contributed by atoms with van der Waals surface area (Å²) in [5, 5.41) is -0.0935. The second-order valence-corrected chi connectivity index (χ2v) is 15.5. The minimum absolute atomic E-state index is 0.122. The molecule has 37 heavy (non-hydrogen) atoms. The number of alkyl halides is 6. The van der Waals surface area contributed by atoms with Crippen LogP contribution in [-0.2, 0) is 24.6 Å². The lowest BCUT2D eigenvalue weighted by Gasteiger charge is -2.16. The number of H-pyrrole nitrogens is 1. The van der Waals surface area contributed by atoms with E-state index in [9.17, 15) is 36.7 Å². The Morgan fingerprint density at radius 2 is 1.38 bits per heavy atom. The van der Waals surface area contributed by atoms with Crippen LogP contribution in [0.5, 0.6) is 0 Å². The first-order valence-corrected chi connectivity index (χ1v) is 15.8. The first-order valence-electron chi connectivity index (χ1n) is 10.3. The first kappa shape index (κ1) is 35.4. The van der Waals surface area contributed by atoms with Crippen molar-refractivity contribution in [1.29, 1.82) is 0 Å². The Morgan fingerprint density at radius 1 is 0.892 bits per heavy atom. The van der Waals surface area contributed by atoms with Gasteiger partial charge in [0.1, 0.15) is 17.0 Å². The molecule has 2 heterocycles. The molecule has 212 valence electrons. The lowest BCUT2D eigenvalue weighted by Crippen LogP contribution is -2.41. The van der Waals surface area contributed by atoms with Crippen LogP contribution in [0.2, 0.25) is 36.0 Å². The number of aromatic amines is 1. The van der Waals surface area contributed by atoms with Crippen molar-refractivity contribution in [3.63, 3.8) is 0 Å². The zero-order valence-electron chi connectivity index (χ0n) is 20.0. The predicted molar refractivity (Wildman–Crippen MR) is 139 cm³/mol. The highest BCUT2D eigenvalue weighted by molar-refractivity contribution is 6.76. The van der Waals surface area contributed by atoms with Crippen LogP contribution in [-0.4, -0.2) is 51.6 Å². The van der Waals surface area contributed by atoms with E-state index < -0.39 is 56.5 Å². The molecule has 9 nitrogen and oxygen atoms in total. The summed E-state index contributed by atoms with van der Waals surface area (Å²) in [4.78, 5) is 47.3. The summed E-state index contributed by atoms with van der Waals surface area (Å²) in [6.07, 6.45) is -5.54. The average Bonchev–Trinajstić information content (AvgIpc) is 2.73. The Bertz CT molecular complexity index is 1180. The summed E-state index contributed by atoms with van der Waals surface area (Å²) < 4.78 is 55.6. The molecule has 0 aliphatic carbocycles. The van der Waals surface area contributed by atoms with Gasteiger partial charge in [-0.15, -0.1) is 23.2 Å². The van der Waals surface area contributed by atoms with Gasteiger partial charge in [0.05, 0.1) is 18.4 Å². The second kappa shape index (κ2) is 17.1. The Labute approximate surface area is 229 Å². The van der Waals surface area contributed by atoms with Gasteiger partial charge in [-0.05, 0) is 6.04 Å². The number of hydrogen-bond acceptors (Lipinski definition) is 5. The van der Waals surface area contributed by atoms with Gasteiger partial charge in [0.25, 0.3) is 24.0 Å². The number of nitrogens with one attached hydrogen (secondary N) is 1. The maximum Gasteiger partial charge on any atom is 0.334 e. The van der Waals surface area contributed by atoms with Crippen molar-refractivity contribution in [3.05, 3.63) is 64.1 Å². The molecule has 0 fully saturated rings. The molecule has 0 aliphatic rings. The Morgan fingerprint density at radius 3 is 1.84 bits per heavy atom. The number of hydrogen-bond donors (Lipinski definition) is 1. The van der Waals surface area contributed by atoms with Crippen molar-refractivity contribution in [3.8, 4) is 0 Å². The van der Waals surface area contributed by atoms with Crippen molar-refractivity contribution < 1.29 is 22.3 Å². The van der Waals surface area contributed by atoms with Crippen molar-refractivity contribution in [1.82, 2.24) is 18.7 Å². The van der Waals surface area contributed by atoms with Gasteiger partial charge in [-0.2, -0.15) is 0 Å². The van der Waals surface area contributed by atoms with Crippen molar-refractivity contribution in [2.24, 2.45) is 0 Å². The van der Waals surface area contributed by atoms with Gasteiger partial charge in [-0.25, -0.2) is 27.2 Å². The molecule has 0 aliphatic heterocycles. The fourth-order valence-corrected chi connectivity index (χ4v) is 3.49. The SMILES string of the molecule is C[Si](C)(C)CCOCn1c(Cl)cc(=O)n(CC(F)F)c1=O.ClCCl.O=c1cc(Cl)[nH]c(=O)n1CC(F)F. The summed E-state index contributed by atoms with van der Waals surface area (Å²) in [6.45, 7) is 4.95. The first-order chi connectivity index (χ1) is 17.0. The quantitative estimate of drug-likeness (QED) is 0.147. The van der Waals surface area contributed by atoms with Crippen molar-refractivity contribution in [2.75, 3.05) is 11.9 Å². The molecule has 1 N–H and O–H groups in total. The van der Waals surface area contributed by atoms with Gasteiger partial charge in [-0.3, -0.25) is 28.3 Å². The van der Waals surface area contributed by atoms with E-state index in [0.29, 0.717) is 15.7 Å². The maximum atomic E-state index is 12.4. The van der Waals surface area contributed by atoms with E-state index in [2.05, 4.69) is 19.6 Å². The molecule has 0 radical (unpaired) electrons. The molecule has 0 amide bonds. The minimum Gasteiger partial charge on any atom is -0.361 e. The number of nitrogens with zero attached hydrogens (tertiary/aromatic N) is 3. The van der Waals surface area contributed by atoms with Gasteiger partial charge >= 0.3 is 11.4 Å². The van der Waals surface area contributed by atoms with E-state index in [-0.39, 0.29) is 22.4 Å². The topological polar surface area (TPSA) is 108 Å². The van der Waals surface area contributed by atoms with E-state index in [1.165, 1.54) is 0 Å². The lowest BCUT2D eigenvalue weighted by molar-refractivity contribution is 0.0797. The smallest absolute Gasteiger partial charge is 0.334 e. The van der Waals surface area contributed by atoms with E-state index in [1.54, 1.807) is 0 Å². The number of rotatable bonds is 9. The molecule has 0 aromatic carbocycles. The molecular formula is C19H26Cl4F4N4O5Si. The number of ether oxygens (including phenoxy) is 1. The monoisotopic (exact) mass is 634 g/mol. The number of halogens is 8. The summed E-state index contributed by atoms with van der Waals surface area (Å²) in [5.41, 5.74) is -3.50. The molecule has 2 rings (SSSR count). The Hall–Kier alpha value is -1.58. The molecule has 0 spiro atoms. The molecule has 0 saturated heterocycles. The Kier molecular flexibility index (Phi) is 16.4. The van der Waals surface area contributed by atoms with Crippen LogP contribution in [0, 0.1) is 0 Å². The molecule has 0 atom stereocenters. The summed E-state index contributed by atoms with van der Waals surface area (Å²) >= 11 is 20.6. The number of aromatic nitrogens is 4. The van der Waals surface area contributed by atoms with Crippen LogP contribution in [0.3, 0.4) is 0 Å². The van der Waals surface area contributed by atoms with Crippen LogP contribution in [0.1, 0.15) is 0 Å². The zero-order chi connectivity index (χ0) is 28.9. The van der Waals surface area contributed by atoms with E-state index in [0.717, 1.165) is 22.7 Å². The fourth-order valence-electron chi connectivity index (χ4n) is 2.35. The molecule has 0 bridgehead atoms. The highest BCUT2D eigenvalue weighted by Gasteiger charge is 2.15. The lowest BCUT2D eigenvalue weighted by atomic mass is 10.5. The molecule has 0 unspecified atom stereocenters. The normalized spacial score (nSPS) is 11.2. The standard InChI is InChI=1S/C12H19ClF2N2O3Si.C6H5ClF2N2O2.CH2Cl2/c1-21(2,3)5-4-20-8-17-9(13)6-11(18)16(12(17)19)7-10(14)15;7-3-1-5(12)11(2-4(8)9)6(13)10-3;2-1-3/h6,10H,4-5,7-8H2,1-3H3;1,4H,2H2,(H,10,13);1H2. The molecular weight excluding hydrogens is 610 g/mol. The van der Waals surface area contributed by atoms with Gasteiger partial charge in [0.15, 0.2) is 0 Å². The van der Waals surface area contributed by atoms with Crippen molar-refractivity contribution >= 4 is 54.5 Å². The molecule has 2 aromatic rings. The molecule has 2 aromatic heterocycles. The van der Waals surface area contributed by atoms with Crippen molar-refractivity contribution in [2.45, 2.75) is 58.4 Å². The third-order valence-electron chi connectivity index (χ3n) is 4.07. The summed E-state index contributed by atoms with van der Waals surface area (Å²) in [5.74, 6) is 0. The van der Waals surface area contributed by atoms with Gasteiger partial charge in [0, 0.05) is 26.8 Å². The third kappa shape index (κ3) is 14.2. The minimum atomic E-state index is -2.79. The third-order valence-corrected chi connectivity index (χ3v) is 6.29. The van der Waals surface area contributed by atoms with E-state index in [4.69, 9.17) is 51.1 Å². The van der Waals surface area contributed by atoms with Crippen LogP contribution >= 0.6 is 46.4 Å². The predicted octanol–water partition coefficient (Wildman–Crippen LogP) is 4.12. The van der Waals surface area contributed by atoms with Gasteiger partial charge < -0.3 is 4.74 Å². The van der Waals surface area contributed by atoms with Crippen LogP contribution < -0.4 is 22.5 Å². The zero-order valence-corrected chi connectivity index (χ0v) is 24.0. The van der Waals surface area contributed by atoms with Crippen LogP contribution in [0.25, 0.3) is 0 Å². The largest absolute Gasteiger partial charge is 0.361 e. The van der Waals surface area contributed by atoms with Gasteiger partial charge in [0.2, 0.25) is 0 Å². The summed E-state index contributed by atoms with van der Waals surface area (Å²) in [6, 6.07) is 2.70. The fraction of sp³-hybridized carbons (Fsp3) is 0.579. The van der Waals surface area contributed by atoms with Crippen LogP contribution in [0.4, 0.5) is 17.6 Å². The Balaban J connectivity index is 0.000000689. The van der Waals surface area contributed by atoms with E-state index >= 15 is 0 Å². The second-order valence-electron chi connectivity index (χ2n) is 8.23. The highest BCUT2D eigenvalue weighted by atomic mass is 35.5. The maximum absolute atomic E-state index is 12.4. The van der Waals surface area contributed by atoms with E-state index in [1.807, 2.05) is 4.98 Å². The molecule has 0 saturated carbocycles. The highest BCUT2D eigenvalue weighted by Crippen LogP contribution is 2.09. The van der Waals surface area contributed by atoms with Gasteiger partial charge in [-0.1, -0.05) is 42.8 Å². The van der Waals surface area contributed by atoms with Crippen LogP contribution in [0.15, 0.2) is 31.3 Å². The average molecular weight is 636 g/mol. The summed E-state index contributed by atoms with van der Waals surface area (Å²) in [7, 11) is -1.26. The molecule has 18 heteroatoms.